The number of aromatic nitrogens is 2. The molecular formula is C19H25N3O3. The lowest BCUT2D eigenvalue weighted by Crippen LogP contribution is -2.30. The van der Waals surface area contributed by atoms with Crippen molar-refractivity contribution in [1.29, 1.82) is 0 Å². The lowest BCUT2D eigenvalue weighted by molar-refractivity contribution is 0.242. The number of hydrogen-bond acceptors (Lipinski definition) is 6. The number of rotatable bonds is 6. The smallest absolute Gasteiger partial charge is 0.164 e. The summed E-state index contributed by atoms with van der Waals surface area (Å²) >= 11 is 0. The summed E-state index contributed by atoms with van der Waals surface area (Å²) < 4.78 is 17.1. The number of benzene rings is 1. The van der Waals surface area contributed by atoms with Gasteiger partial charge in [-0.15, -0.1) is 0 Å². The quantitative estimate of drug-likeness (QED) is 0.804. The van der Waals surface area contributed by atoms with Crippen LogP contribution in [0.5, 0.6) is 17.2 Å². The molecule has 1 atom stereocenters. The van der Waals surface area contributed by atoms with Crippen molar-refractivity contribution in [3.63, 3.8) is 0 Å². The van der Waals surface area contributed by atoms with E-state index in [1.165, 1.54) is 0 Å². The summed E-state index contributed by atoms with van der Waals surface area (Å²) in [6.45, 7) is 4.29. The highest BCUT2D eigenvalue weighted by molar-refractivity contribution is 5.51. The molecule has 25 heavy (non-hydrogen) atoms. The first-order chi connectivity index (χ1) is 12.2. The van der Waals surface area contributed by atoms with Gasteiger partial charge < -0.3 is 14.2 Å². The molecule has 0 fully saturated rings. The zero-order chi connectivity index (χ0) is 17.6. The molecule has 0 spiro atoms. The molecule has 134 valence electrons. The van der Waals surface area contributed by atoms with Gasteiger partial charge in [0.2, 0.25) is 0 Å². The van der Waals surface area contributed by atoms with Crippen LogP contribution in [0.1, 0.15) is 24.6 Å². The maximum atomic E-state index is 5.81. The van der Waals surface area contributed by atoms with Crippen molar-refractivity contribution < 1.29 is 14.2 Å². The third-order valence-electron chi connectivity index (χ3n) is 4.44. The van der Waals surface area contributed by atoms with E-state index < -0.39 is 0 Å². The van der Waals surface area contributed by atoms with Gasteiger partial charge in [0.1, 0.15) is 5.75 Å². The van der Waals surface area contributed by atoms with Crippen molar-refractivity contribution in [3.8, 4) is 17.2 Å². The van der Waals surface area contributed by atoms with E-state index in [9.17, 15) is 0 Å². The Morgan fingerprint density at radius 2 is 1.96 bits per heavy atom. The van der Waals surface area contributed by atoms with Gasteiger partial charge >= 0.3 is 0 Å². The Morgan fingerprint density at radius 3 is 2.64 bits per heavy atom. The number of nitrogens with zero attached hydrogens (tertiary/aromatic N) is 3. The molecule has 1 aromatic carbocycles. The van der Waals surface area contributed by atoms with E-state index in [4.69, 9.17) is 14.2 Å². The number of likely N-dealkylation sites (N-methyl/N-ethyl adjacent to an activating group) is 1. The number of ether oxygens (including phenoxy) is 3. The SMILES string of the molecule is COc1cc2c(cc1CN(C)[C@@H](C)Cc1cnccn1)OCCCO2. The molecule has 0 saturated carbocycles. The van der Waals surface area contributed by atoms with Crippen LogP contribution in [-0.2, 0) is 13.0 Å². The van der Waals surface area contributed by atoms with Gasteiger partial charge in [0, 0.05) is 55.6 Å². The van der Waals surface area contributed by atoms with E-state index in [1.54, 1.807) is 19.5 Å². The van der Waals surface area contributed by atoms with Crippen LogP contribution in [0.4, 0.5) is 0 Å². The fourth-order valence-corrected chi connectivity index (χ4v) is 2.86. The van der Waals surface area contributed by atoms with Crippen molar-refractivity contribution in [1.82, 2.24) is 14.9 Å². The maximum Gasteiger partial charge on any atom is 0.164 e. The predicted octanol–water partition coefficient (Wildman–Crippen LogP) is 2.71. The van der Waals surface area contributed by atoms with Crippen molar-refractivity contribution in [2.75, 3.05) is 27.4 Å². The number of methoxy groups -OCH3 is 1. The first-order valence-electron chi connectivity index (χ1n) is 8.59. The molecule has 0 radical (unpaired) electrons. The molecule has 3 rings (SSSR count). The predicted molar refractivity (Wildman–Crippen MR) is 95.3 cm³/mol. The van der Waals surface area contributed by atoms with Crippen LogP contribution in [0.3, 0.4) is 0 Å². The molecule has 1 aliphatic rings. The van der Waals surface area contributed by atoms with Gasteiger partial charge in [-0.1, -0.05) is 0 Å². The van der Waals surface area contributed by atoms with Gasteiger partial charge in [-0.2, -0.15) is 0 Å². The Labute approximate surface area is 148 Å². The van der Waals surface area contributed by atoms with Gasteiger partial charge in [-0.25, -0.2) is 0 Å². The monoisotopic (exact) mass is 343 g/mol. The highest BCUT2D eigenvalue weighted by atomic mass is 16.5. The molecule has 0 saturated heterocycles. The Balaban J connectivity index is 1.73. The first-order valence-corrected chi connectivity index (χ1v) is 8.59. The fraction of sp³-hybridized carbons (Fsp3) is 0.474. The van der Waals surface area contributed by atoms with Gasteiger partial charge in [0.25, 0.3) is 0 Å². The molecule has 6 nitrogen and oxygen atoms in total. The van der Waals surface area contributed by atoms with Gasteiger partial charge in [-0.3, -0.25) is 14.9 Å². The highest BCUT2D eigenvalue weighted by Gasteiger charge is 2.18. The fourth-order valence-electron chi connectivity index (χ4n) is 2.86. The van der Waals surface area contributed by atoms with Crippen molar-refractivity contribution in [3.05, 3.63) is 42.0 Å². The first kappa shape index (κ1) is 17.5. The van der Waals surface area contributed by atoms with Gasteiger partial charge in [0.15, 0.2) is 11.5 Å². The third-order valence-corrected chi connectivity index (χ3v) is 4.44. The second kappa shape index (κ2) is 8.16. The molecule has 0 N–H and O–H groups in total. The van der Waals surface area contributed by atoms with Crippen LogP contribution in [0.2, 0.25) is 0 Å². The molecule has 2 aromatic rings. The summed E-state index contributed by atoms with van der Waals surface area (Å²) in [6, 6.07) is 4.28. The van der Waals surface area contributed by atoms with E-state index in [-0.39, 0.29) is 0 Å². The Morgan fingerprint density at radius 1 is 1.20 bits per heavy atom. The van der Waals surface area contributed by atoms with Gasteiger partial charge in [0.05, 0.1) is 26.0 Å². The lowest BCUT2D eigenvalue weighted by atomic mass is 10.1. The Kier molecular flexibility index (Phi) is 5.71. The van der Waals surface area contributed by atoms with Gasteiger partial charge in [-0.05, 0) is 20.0 Å². The molecular weight excluding hydrogens is 318 g/mol. The van der Waals surface area contributed by atoms with Crippen LogP contribution in [0, 0.1) is 0 Å². The van der Waals surface area contributed by atoms with Crippen LogP contribution in [0.25, 0.3) is 0 Å². The van der Waals surface area contributed by atoms with Crippen LogP contribution in [0.15, 0.2) is 30.7 Å². The molecule has 2 heterocycles. The molecule has 0 unspecified atom stereocenters. The lowest BCUT2D eigenvalue weighted by Gasteiger charge is -2.25. The normalized spacial score (nSPS) is 14.9. The average molecular weight is 343 g/mol. The average Bonchev–Trinajstić information content (AvgIpc) is 2.86. The minimum absolute atomic E-state index is 0.317. The summed E-state index contributed by atoms with van der Waals surface area (Å²) in [5, 5.41) is 0. The van der Waals surface area contributed by atoms with Crippen molar-refractivity contribution >= 4 is 0 Å². The van der Waals surface area contributed by atoms with Crippen LogP contribution in [-0.4, -0.2) is 48.3 Å². The second-order valence-electron chi connectivity index (χ2n) is 6.33. The minimum atomic E-state index is 0.317. The standard InChI is InChI=1S/C19H25N3O3/c1-14(9-16-12-20-5-6-21-16)22(2)13-15-10-18-19(11-17(15)23-3)25-8-4-7-24-18/h5-6,10-12,14H,4,7-9,13H2,1-3H3/t14-/m0/s1. The van der Waals surface area contributed by atoms with E-state index >= 15 is 0 Å². The highest BCUT2D eigenvalue weighted by Crippen LogP contribution is 2.37. The molecule has 1 aromatic heterocycles. The molecule has 1 aliphatic heterocycles. The number of fused-ring (bicyclic) bond motifs is 1. The third kappa shape index (κ3) is 4.39. The molecule has 0 amide bonds. The molecule has 0 bridgehead atoms. The molecule has 0 aliphatic carbocycles. The largest absolute Gasteiger partial charge is 0.496 e. The zero-order valence-electron chi connectivity index (χ0n) is 15.1. The topological polar surface area (TPSA) is 56.7 Å². The van der Waals surface area contributed by atoms with E-state index in [0.29, 0.717) is 19.3 Å². The van der Waals surface area contributed by atoms with Crippen LogP contribution < -0.4 is 14.2 Å². The van der Waals surface area contributed by atoms with E-state index in [0.717, 1.165) is 47.9 Å². The van der Waals surface area contributed by atoms with Crippen molar-refractivity contribution in [2.45, 2.75) is 32.4 Å². The zero-order valence-corrected chi connectivity index (χ0v) is 15.1. The van der Waals surface area contributed by atoms with Crippen molar-refractivity contribution in [2.24, 2.45) is 0 Å². The number of hydrogen-bond donors (Lipinski definition) is 0. The Hall–Kier alpha value is -2.34. The summed E-state index contributed by atoms with van der Waals surface area (Å²) in [7, 11) is 3.79. The van der Waals surface area contributed by atoms with E-state index in [2.05, 4.69) is 28.8 Å². The molecule has 6 heteroatoms. The minimum Gasteiger partial charge on any atom is -0.496 e. The van der Waals surface area contributed by atoms with Crippen LogP contribution >= 0.6 is 0 Å². The summed E-state index contributed by atoms with van der Waals surface area (Å²) in [6.07, 6.45) is 6.98. The maximum absolute atomic E-state index is 5.81. The summed E-state index contributed by atoms with van der Waals surface area (Å²) in [5.74, 6) is 2.37. The van der Waals surface area contributed by atoms with E-state index in [1.807, 2.05) is 18.3 Å². The summed E-state index contributed by atoms with van der Waals surface area (Å²) in [4.78, 5) is 10.8. The Bertz CT molecular complexity index is 694. The summed E-state index contributed by atoms with van der Waals surface area (Å²) in [5.41, 5.74) is 2.08. The second-order valence-corrected chi connectivity index (χ2v) is 6.33.